The molecular formula is C12H22BrN. The molecule has 2 heteroatoms. The summed E-state index contributed by atoms with van der Waals surface area (Å²) < 4.78 is 0. The number of hydrogen-bond acceptors (Lipinski definition) is 1. The van der Waals surface area contributed by atoms with Crippen molar-refractivity contribution in [2.45, 2.75) is 38.5 Å². The van der Waals surface area contributed by atoms with Crippen molar-refractivity contribution in [3.8, 4) is 0 Å². The summed E-state index contributed by atoms with van der Waals surface area (Å²) in [4.78, 5) is 0. The number of fused-ring (bicyclic) bond motifs is 2. The molecule has 2 aliphatic carbocycles. The molecule has 0 heterocycles. The Morgan fingerprint density at radius 2 is 2.07 bits per heavy atom. The molecule has 3 unspecified atom stereocenters. The van der Waals surface area contributed by atoms with Crippen LogP contribution in [0.3, 0.4) is 0 Å². The Balaban J connectivity index is 1.54. The predicted octanol–water partition coefficient (Wildman–Crippen LogP) is 3.19. The lowest BCUT2D eigenvalue weighted by Crippen LogP contribution is -2.27. The summed E-state index contributed by atoms with van der Waals surface area (Å²) in [5, 5.41) is 4.78. The van der Waals surface area contributed by atoms with E-state index in [9.17, 15) is 0 Å². The van der Waals surface area contributed by atoms with Gasteiger partial charge in [-0.3, -0.25) is 0 Å². The molecule has 3 atom stereocenters. The lowest BCUT2D eigenvalue weighted by molar-refractivity contribution is 0.319. The highest BCUT2D eigenvalue weighted by molar-refractivity contribution is 9.09. The van der Waals surface area contributed by atoms with Crippen LogP contribution in [0.5, 0.6) is 0 Å². The van der Waals surface area contributed by atoms with Crippen molar-refractivity contribution >= 4 is 15.9 Å². The van der Waals surface area contributed by atoms with Gasteiger partial charge >= 0.3 is 0 Å². The van der Waals surface area contributed by atoms with Crippen molar-refractivity contribution in [2.24, 2.45) is 17.8 Å². The third-order valence-corrected chi connectivity index (χ3v) is 4.59. The van der Waals surface area contributed by atoms with E-state index in [0.29, 0.717) is 0 Å². The molecule has 0 aromatic heterocycles. The Morgan fingerprint density at radius 1 is 1.14 bits per heavy atom. The first-order chi connectivity index (χ1) is 6.90. The fraction of sp³-hybridized carbons (Fsp3) is 1.00. The van der Waals surface area contributed by atoms with Crippen molar-refractivity contribution < 1.29 is 0 Å². The first kappa shape index (κ1) is 10.9. The summed E-state index contributed by atoms with van der Waals surface area (Å²) in [6, 6.07) is 0. The molecule has 0 saturated heterocycles. The Hall–Kier alpha value is 0.440. The third-order valence-electron chi connectivity index (χ3n) is 4.03. The van der Waals surface area contributed by atoms with E-state index in [1.807, 2.05) is 0 Å². The van der Waals surface area contributed by atoms with E-state index in [1.54, 1.807) is 6.42 Å². The molecule has 0 amide bonds. The molecule has 2 saturated carbocycles. The van der Waals surface area contributed by atoms with Crippen LogP contribution >= 0.6 is 15.9 Å². The van der Waals surface area contributed by atoms with Crippen LogP contribution in [0, 0.1) is 17.8 Å². The fourth-order valence-corrected chi connectivity index (χ4v) is 3.65. The van der Waals surface area contributed by atoms with Crippen LogP contribution in [-0.4, -0.2) is 18.4 Å². The van der Waals surface area contributed by atoms with Gasteiger partial charge in [0.1, 0.15) is 0 Å². The van der Waals surface area contributed by atoms with Crippen LogP contribution in [0.4, 0.5) is 0 Å². The van der Waals surface area contributed by atoms with E-state index in [-0.39, 0.29) is 0 Å². The smallest absolute Gasteiger partial charge is 0.00317 e. The van der Waals surface area contributed by atoms with Crippen molar-refractivity contribution in [3.63, 3.8) is 0 Å². The van der Waals surface area contributed by atoms with E-state index in [1.165, 1.54) is 45.2 Å². The van der Waals surface area contributed by atoms with E-state index >= 15 is 0 Å². The first-order valence-corrected chi connectivity index (χ1v) is 7.29. The quantitative estimate of drug-likeness (QED) is 0.571. The first-order valence-electron chi connectivity index (χ1n) is 6.17. The second kappa shape index (κ2) is 5.50. The lowest BCUT2D eigenvalue weighted by atomic mass is 9.89. The second-order valence-electron chi connectivity index (χ2n) is 5.04. The van der Waals surface area contributed by atoms with Gasteiger partial charge in [0.25, 0.3) is 0 Å². The van der Waals surface area contributed by atoms with E-state index in [4.69, 9.17) is 0 Å². The van der Waals surface area contributed by atoms with Gasteiger partial charge in [-0.05, 0) is 62.9 Å². The van der Waals surface area contributed by atoms with Crippen LogP contribution < -0.4 is 5.32 Å². The van der Waals surface area contributed by atoms with Gasteiger partial charge in [-0.1, -0.05) is 22.4 Å². The standard InChI is InChI=1S/C12H22BrN/c13-5-1-2-6-14-9-12-8-10-3-4-11(12)7-10/h10-12,14H,1-9H2. The van der Waals surface area contributed by atoms with Crippen LogP contribution in [0.25, 0.3) is 0 Å². The molecule has 2 rings (SSSR count). The van der Waals surface area contributed by atoms with Crippen LogP contribution in [0.15, 0.2) is 0 Å². The van der Waals surface area contributed by atoms with Crippen molar-refractivity contribution in [2.75, 3.05) is 18.4 Å². The highest BCUT2D eigenvalue weighted by Gasteiger charge is 2.38. The fourth-order valence-electron chi connectivity index (χ4n) is 3.26. The largest absolute Gasteiger partial charge is 0.316 e. The molecule has 2 fully saturated rings. The minimum atomic E-state index is 1.03. The lowest BCUT2D eigenvalue weighted by Gasteiger charge is -2.21. The van der Waals surface area contributed by atoms with Gasteiger partial charge in [0.15, 0.2) is 0 Å². The van der Waals surface area contributed by atoms with E-state index in [0.717, 1.165) is 23.1 Å². The topological polar surface area (TPSA) is 12.0 Å². The van der Waals surface area contributed by atoms with Crippen molar-refractivity contribution in [3.05, 3.63) is 0 Å². The van der Waals surface area contributed by atoms with E-state index in [2.05, 4.69) is 21.2 Å². The molecule has 14 heavy (non-hydrogen) atoms. The summed E-state index contributed by atoms with van der Waals surface area (Å²) in [5.74, 6) is 3.22. The summed E-state index contributed by atoms with van der Waals surface area (Å²) in [6.45, 7) is 2.52. The van der Waals surface area contributed by atoms with Gasteiger partial charge in [-0.2, -0.15) is 0 Å². The van der Waals surface area contributed by atoms with Gasteiger partial charge in [0.05, 0.1) is 0 Å². The van der Waals surface area contributed by atoms with Crippen molar-refractivity contribution in [1.29, 1.82) is 0 Å². The zero-order chi connectivity index (χ0) is 9.80. The summed E-state index contributed by atoms with van der Waals surface area (Å²) in [6.07, 6.45) is 8.77. The Kier molecular flexibility index (Phi) is 4.30. The van der Waals surface area contributed by atoms with Crippen LogP contribution in [0.1, 0.15) is 38.5 Å². The number of rotatable bonds is 6. The molecule has 0 radical (unpaired) electrons. The average Bonchev–Trinajstić information content (AvgIpc) is 2.79. The molecule has 0 aliphatic heterocycles. The maximum absolute atomic E-state index is 3.63. The highest BCUT2D eigenvalue weighted by Crippen LogP contribution is 2.47. The summed E-state index contributed by atoms with van der Waals surface area (Å²) in [5.41, 5.74) is 0. The molecule has 2 aliphatic rings. The number of nitrogens with one attached hydrogen (secondary N) is 1. The Morgan fingerprint density at radius 3 is 2.71 bits per heavy atom. The molecular weight excluding hydrogens is 238 g/mol. The van der Waals surface area contributed by atoms with Gasteiger partial charge in [0.2, 0.25) is 0 Å². The van der Waals surface area contributed by atoms with Crippen LogP contribution in [0.2, 0.25) is 0 Å². The number of unbranched alkanes of at least 4 members (excludes halogenated alkanes) is 1. The van der Waals surface area contributed by atoms with Gasteiger partial charge in [-0.15, -0.1) is 0 Å². The van der Waals surface area contributed by atoms with Gasteiger partial charge < -0.3 is 5.32 Å². The molecule has 82 valence electrons. The molecule has 1 N–H and O–H groups in total. The SMILES string of the molecule is BrCCCCNCC1CC2CCC1C2. The minimum Gasteiger partial charge on any atom is -0.316 e. The average molecular weight is 260 g/mol. The predicted molar refractivity (Wildman–Crippen MR) is 64.8 cm³/mol. The molecule has 0 spiro atoms. The zero-order valence-corrected chi connectivity index (χ0v) is 10.6. The molecule has 2 bridgehead atoms. The summed E-state index contributed by atoms with van der Waals surface area (Å²) in [7, 11) is 0. The summed E-state index contributed by atoms with van der Waals surface area (Å²) >= 11 is 3.47. The zero-order valence-electron chi connectivity index (χ0n) is 8.97. The normalized spacial score (nSPS) is 35.4. The Bertz CT molecular complexity index is 172. The molecule has 0 aromatic rings. The minimum absolute atomic E-state index is 1.03. The number of halogens is 1. The maximum Gasteiger partial charge on any atom is 0.00317 e. The van der Waals surface area contributed by atoms with Gasteiger partial charge in [0, 0.05) is 5.33 Å². The second-order valence-corrected chi connectivity index (χ2v) is 5.83. The monoisotopic (exact) mass is 259 g/mol. The molecule has 0 aromatic carbocycles. The third kappa shape index (κ3) is 2.73. The molecule has 1 nitrogen and oxygen atoms in total. The highest BCUT2D eigenvalue weighted by atomic mass is 79.9. The van der Waals surface area contributed by atoms with Crippen molar-refractivity contribution in [1.82, 2.24) is 5.32 Å². The maximum atomic E-state index is 3.63. The van der Waals surface area contributed by atoms with Gasteiger partial charge in [-0.25, -0.2) is 0 Å². The van der Waals surface area contributed by atoms with E-state index < -0.39 is 0 Å². The van der Waals surface area contributed by atoms with Crippen LogP contribution in [-0.2, 0) is 0 Å². The number of alkyl halides is 1. The number of hydrogen-bond donors (Lipinski definition) is 1. The Labute approximate surface area is 96.2 Å².